The minimum Gasteiger partial charge on any atom is -0.462 e. The molecule has 2 N–H and O–H groups in total. The lowest BCUT2D eigenvalue weighted by Gasteiger charge is -2.39. The number of aromatic amines is 1. The van der Waals surface area contributed by atoms with Crippen LogP contribution in [-0.2, 0) is 11.3 Å². The van der Waals surface area contributed by atoms with E-state index in [9.17, 15) is 4.79 Å². The summed E-state index contributed by atoms with van der Waals surface area (Å²) < 4.78 is 5.26. The number of esters is 1. The quantitative estimate of drug-likeness (QED) is 0.608. The number of carbonyl (C=O) groups is 1. The Kier molecular flexibility index (Phi) is 5.12. The van der Waals surface area contributed by atoms with E-state index in [-0.39, 0.29) is 5.97 Å². The van der Waals surface area contributed by atoms with Gasteiger partial charge in [-0.3, -0.25) is 4.90 Å². The number of ether oxygens (including phenoxy) is 1. The number of piperidine rings is 1. The zero-order valence-corrected chi connectivity index (χ0v) is 17.2. The highest BCUT2D eigenvalue weighted by Crippen LogP contribution is 2.38. The van der Waals surface area contributed by atoms with Gasteiger partial charge in [0.1, 0.15) is 11.1 Å². The van der Waals surface area contributed by atoms with Gasteiger partial charge in [-0.2, -0.15) is 0 Å². The van der Waals surface area contributed by atoms with E-state index in [4.69, 9.17) is 4.74 Å². The molecule has 2 aliphatic heterocycles. The van der Waals surface area contributed by atoms with Crippen LogP contribution in [-0.4, -0.2) is 50.6 Å². The van der Waals surface area contributed by atoms with Gasteiger partial charge in [-0.15, -0.1) is 0 Å². The maximum absolute atomic E-state index is 12.5. The first-order chi connectivity index (χ1) is 14.7. The fourth-order valence-corrected chi connectivity index (χ4v) is 5.06. The van der Waals surface area contributed by atoms with Crippen molar-refractivity contribution < 1.29 is 9.53 Å². The van der Waals surface area contributed by atoms with E-state index in [1.165, 1.54) is 18.4 Å². The summed E-state index contributed by atoms with van der Waals surface area (Å²) in [6, 6.07) is 12.1. The predicted molar refractivity (Wildman–Crippen MR) is 115 cm³/mol. The number of fused-ring (bicyclic) bond motifs is 3. The molecule has 1 unspecified atom stereocenters. The average Bonchev–Trinajstić information content (AvgIpc) is 3.31. The molecule has 0 radical (unpaired) electrons. The second kappa shape index (κ2) is 8.07. The molecule has 2 aromatic heterocycles. The lowest BCUT2D eigenvalue weighted by atomic mass is 9.96. The van der Waals surface area contributed by atoms with Crippen LogP contribution in [0, 0.1) is 0 Å². The van der Waals surface area contributed by atoms with Crippen molar-refractivity contribution in [3.05, 3.63) is 54.0 Å². The molecule has 0 aliphatic carbocycles. The molecule has 7 nitrogen and oxygen atoms in total. The maximum atomic E-state index is 12.5. The molecular formula is C23H27N5O2. The number of nitrogens with zero attached hydrogens (tertiary/aromatic N) is 3. The summed E-state index contributed by atoms with van der Waals surface area (Å²) in [6.07, 6.45) is 7.77. The van der Waals surface area contributed by atoms with Crippen LogP contribution < -0.4 is 5.32 Å². The predicted octanol–water partition coefficient (Wildman–Crippen LogP) is 3.74. The van der Waals surface area contributed by atoms with Crippen LogP contribution in [0.3, 0.4) is 0 Å². The van der Waals surface area contributed by atoms with E-state index in [1.807, 2.05) is 6.92 Å². The number of pyridine rings is 1. The van der Waals surface area contributed by atoms with Gasteiger partial charge in [0.05, 0.1) is 18.6 Å². The van der Waals surface area contributed by atoms with Crippen molar-refractivity contribution in [2.45, 2.75) is 57.3 Å². The van der Waals surface area contributed by atoms with E-state index in [1.54, 1.807) is 12.5 Å². The first kappa shape index (κ1) is 19.1. The fourth-order valence-electron chi connectivity index (χ4n) is 5.06. The second-order valence-electron chi connectivity index (χ2n) is 8.22. The molecule has 156 valence electrons. The Labute approximate surface area is 175 Å². The molecule has 2 saturated heterocycles. The average molecular weight is 406 g/mol. The molecule has 2 bridgehead atoms. The molecule has 4 heterocycles. The summed E-state index contributed by atoms with van der Waals surface area (Å²) in [7, 11) is 0. The number of H-pyrrole nitrogens is 1. The van der Waals surface area contributed by atoms with Crippen molar-refractivity contribution >= 4 is 22.8 Å². The molecule has 30 heavy (non-hydrogen) atoms. The SMILES string of the molecule is CCOC(=O)c1cnc2nc[nH]c2c1NC1C[C@H]2CC[C@@H](C1)N2Cc1ccccc1. The molecule has 0 spiro atoms. The number of nitrogens with one attached hydrogen (secondary N) is 2. The van der Waals surface area contributed by atoms with Crippen LogP contribution in [0.15, 0.2) is 42.9 Å². The molecule has 5 rings (SSSR count). The van der Waals surface area contributed by atoms with Gasteiger partial charge < -0.3 is 15.0 Å². The van der Waals surface area contributed by atoms with Crippen molar-refractivity contribution in [3.8, 4) is 0 Å². The Morgan fingerprint density at radius 2 is 1.97 bits per heavy atom. The van der Waals surface area contributed by atoms with Gasteiger partial charge in [-0.05, 0) is 38.2 Å². The second-order valence-corrected chi connectivity index (χ2v) is 8.22. The van der Waals surface area contributed by atoms with E-state index < -0.39 is 0 Å². The molecule has 1 aromatic carbocycles. The largest absolute Gasteiger partial charge is 0.462 e. The molecule has 0 saturated carbocycles. The van der Waals surface area contributed by atoms with Gasteiger partial charge in [0, 0.05) is 30.9 Å². The van der Waals surface area contributed by atoms with Gasteiger partial charge in [-0.25, -0.2) is 14.8 Å². The molecule has 3 aromatic rings. The number of anilines is 1. The lowest BCUT2D eigenvalue weighted by Crippen LogP contribution is -2.46. The number of hydrogen-bond acceptors (Lipinski definition) is 6. The maximum Gasteiger partial charge on any atom is 0.341 e. The zero-order chi connectivity index (χ0) is 20.5. The first-order valence-corrected chi connectivity index (χ1v) is 10.8. The minimum atomic E-state index is -0.353. The van der Waals surface area contributed by atoms with Gasteiger partial charge in [0.2, 0.25) is 0 Å². The number of rotatable bonds is 6. The zero-order valence-electron chi connectivity index (χ0n) is 17.2. The van der Waals surface area contributed by atoms with Gasteiger partial charge in [-0.1, -0.05) is 30.3 Å². The highest BCUT2D eigenvalue weighted by atomic mass is 16.5. The molecule has 2 fully saturated rings. The summed E-state index contributed by atoms with van der Waals surface area (Å²) in [5, 5.41) is 3.66. The summed E-state index contributed by atoms with van der Waals surface area (Å²) in [5.41, 5.74) is 3.97. The van der Waals surface area contributed by atoms with Crippen LogP contribution in [0.2, 0.25) is 0 Å². The topological polar surface area (TPSA) is 83.1 Å². The van der Waals surface area contributed by atoms with Crippen molar-refractivity contribution in [1.29, 1.82) is 0 Å². The number of hydrogen-bond donors (Lipinski definition) is 2. The standard InChI is InChI=1S/C23H27N5O2/c1-2-30-23(29)19-12-24-22-21(25-14-26-22)20(19)27-16-10-17-8-9-18(11-16)28(17)13-15-6-4-3-5-7-15/h3-7,12,14,16-18H,2,8-11,13H2,1H3,(H2,24,25,26,27)/t16?,17-,18+. The first-order valence-electron chi connectivity index (χ1n) is 10.8. The smallest absolute Gasteiger partial charge is 0.341 e. The number of carbonyl (C=O) groups excluding carboxylic acids is 1. The Hall–Kier alpha value is -2.93. The van der Waals surface area contributed by atoms with Crippen LogP contribution in [0.25, 0.3) is 11.2 Å². The highest BCUT2D eigenvalue weighted by Gasteiger charge is 2.41. The van der Waals surface area contributed by atoms with E-state index >= 15 is 0 Å². The number of aromatic nitrogens is 3. The summed E-state index contributed by atoms with van der Waals surface area (Å²) in [6.45, 7) is 3.16. The Bertz CT molecular complexity index is 1020. The Morgan fingerprint density at radius 3 is 2.70 bits per heavy atom. The monoisotopic (exact) mass is 405 g/mol. The van der Waals surface area contributed by atoms with Gasteiger partial charge >= 0.3 is 5.97 Å². The van der Waals surface area contributed by atoms with Crippen molar-refractivity contribution in [3.63, 3.8) is 0 Å². The molecule has 7 heteroatoms. The van der Waals surface area contributed by atoms with Crippen LogP contribution in [0.1, 0.15) is 48.5 Å². The third kappa shape index (κ3) is 3.54. The van der Waals surface area contributed by atoms with Crippen LogP contribution in [0.4, 0.5) is 5.69 Å². The summed E-state index contributed by atoms with van der Waals surface area (Å²) in [5.74, 6) is -0.353. The van der Waals surface area contributed by atoms with E-state index in [0.29, 0.717) is 35.9 Å². The van der Waals surface area contributed by atoms with Gasteiger partial charge in [0.15, 0.2) is 5.65 Å². The van der Waals surface area contributed by atoms with Crippen molar-refractivity contribution in [2.75, 3.05) is 11.9 Å². The normalized spacial score (nSPS) is 23.6. The third-order valence-electron chi connectivity index (χ3n) is 6.39. The Morgan fingerprint density at radius 1 is 1.20 bits per heavy atom. The Balaban J connectivity index is 1.36. The van der Waals surface area contributed by atoms with Crippen molar-refractivity contribution in [2.24, 2.45) is 0 Å². The fraction of sp³-hybridized carbons (Fsp3) is 0.435. The minimum absolute atomic E-state index is 0.302. The van der Waals surface area contributed by atoms with E-state index in [2.05, 4.69) is 55.5 Å². The number of benzene rings is 1. The summed E-state index contributed by atoms with van der Waals surface area (Å²) in [4.78, 5) is 26.9. The summed E-state index contributed by atoms with van der Waals surface area (Å²) >= 11 is 0. The number of imidazole rings is 1. The third-order valence-corrected chi connectivity index (χ3v) is 6.39. The molecule has 0 amide bonds. The molecular weight excluding hydrogens is 378 g/mol. The van der Waals surface area contributed by atoms with Crippen LogP contribution >= 0.6 is 0 Å². The lowest BCUT2D eigenvalue weighted by molar-refractivity contribution is 0.0527. The van der Waals surface area contributed by atoms with Gasteiger partial charge in [0.25, 0.3) is 0 Å². The van der Waals surface area contributed by atoms with Crippen LogP contribution in [0.5, 0.6) is 0 Å². The highest BCUT2D eigenvalue weighted by molar-refractivity contribution is 6.02. The molecule has 2 aliphatic rings. The van der Waals surface area contributed by atoms with E-state index in [0.717, 1.165) is 30.6 Å². The molecule has 3 atom stereocenters. The van der Waals surface area contributed by atoms with Crippen molar-refractivity contribution in [1.82, 2.24) is 19.9 Å².